The van der Waals surface area contributed by atoms with Crippen LogP contribution in [0.3, 0.4) is 0 Å². The summed E-state index contributed by atoms with van der Waals surface area (Å²) >= 11 is 3.51. The zero-order valence-electron chi connectivity index (χ0n) is 8.50. The summed E-state index contributed by atoms with van der Waals surface area (Å²) in [6, 6.07) is 8.11. The second kappa shape index (κ2) is 4.79. The Morgan fingerprint density at radius 2 is 2.20 bits per heavy atom. The first-order valence-corrected chi connectivity index (χ1v) is 6.08. The zero-order chi connectivity index (χ0) is 10.7. The summed E-state index contributed by atoms with van der Waals surface area (Å²) in [7, 11) is 0. The average molecular weight is 268 g/mol. The SMILES string of the molecule is O=C1NCCC[C@H]1Cc1ccccc1Br. The fourth-order valence-corrected chi connectivity index (χ4v) is 2.41. The van der Waals surface area contributed by atoms with Crippen LogP contribution in [0.25, 0.3) is 0 Å². The van der Waals surface area contributed by atoms with E-state index >= 15 is 0 Å². The van der Waals surface area contributed by atoms with Crippen LogP contribution < -0.4 is 5.32 Å². The molecule has 1 aliphatic heterocycles. The first-order chi connectivity index (χ1) is 7.27. The molecule has 0 aliphatic carbocycles. The smallest absolute Gasteiger partial charge is 0.223 e. The van der Waals surface area contributed by atoms with Crippen molar-refractivity contribution in [1.82, 2.24) is 5.32 Å². The third kappa shape index (κ3) is 2.59. The van der Waals surface area contributed by atoms with Gasteiger partial charge in [0, 0.05) is 16.9 Å². The van der Waals surface area contributed by atoms with Crippen molar-refractivity contribution in [3.05, 3.63) is 34.3 Å². The number of hydrogen-bond donors (Lipinski definition) is 1. The van der Waals surface area contributed by atoms with E-state index in [2.05, 4.69) is 27.3 Å². The Bertz CT molecular complexity index is 364. The second-order valence-corrected chi connectivity index (χ2v) is 4.78. The highest BCUT2D eigenvalue weighted by molar-refractivity contribution is 9.10. The summed E-state index contributed by atoms with van der Waals surface area (Å²) in [6.45, 7) is 0.839. The van der Waals surface area contributed by atoms with Gasteiger partial charge in [-0.05, 0) is 30.9 Å². The number of piperidine rings is 1. The minimum atomic E-state index is 0.150. The Hall–Kier alpha value is -0.830. The first kappa shape index (κ1) is 10.7. The highest BCUT2D eigenvalue weighted by Crippen LogP contribution is 2.23. The van der Waals surface area contributed by atoms with Crippen molar-refractivity contribution < 1.29 is 4.79 Å². The van der Waals surface area contributed by atoms with Crippen molar-refractivity contribution in [2.45, 2.75) is 19.3 Å². The number of carbonyl (C=O) groups is 1. The first-order valence-electron chi connectivity index (χ1n) is 5.28. The molecular weight excluding hydrogens is 254 g/mol. The lowest BCUT2D eigenvalue weighted by Gasteiger charge is -2.22. The van der Waals surface area contributed by atoms with Crippen molar-refractivity contribution in [3.63, 3.8) is 0 Å². The third-order valence-corrected chi connectivity index (χ3v) is 3.60. The molecule has 1 aromatic rings. The van der Waals surface area contributed by atoms with Gasteiger partial charge < -0.3 is 5.32 Å². The molecule has 2 rings (SSSR count). The summed E-state index contributed by atoms with van der Waals surface area (Å²) in [5.41, 5.74) is 1.22. The monoisotopic (exact) mass is 267 g/mol. The van der Waals surface area contributed by atoms with E-state index in [1.165, 1.54) is 5.56 Å². The van der Waals surface area contributed by atoms with Gasteiger partial charge in [0.05, 0.1) is 0 Å². The van der Waals surface area contributed by atoms with Crippen LogP contribution in [-0.4, -0.2) is 12.5 Å². The van der Waals surface area contributed by atoms with Gasteiger partial charge in [-0.3, -0.25) is 4.79 Å². The highest BCUT2D eigenvalue weighted by Gasteiger charge is 2.22. The van der Waals surface area contributed by atoms with Crippen molar-refractivity contribution >= 4 is 21.8 Å². The highest BCUT2D eigenvalue weighted by atomic mass is 79.9. The van der Waals surface area contributed by atoms with Gasteiger partial charge in [0.15, 0.2) is 0 Å². The fourth-order valence-electron chi connectivity index (χ4n) is 1.96. The maximum atomic E-state index is 11.6. The van der Waals surface area contributed by atoms with Gasteiger partial charge >= 0.3 is 0 Å². The van der Waals surface area contributed by atoms with Gasteiger partial charge in [-0.25, -0.2) is 0 Å². The number of benzene rings is 1. The number of halogens is 1. The zero-order valence-corrected chi connectivity index (χ0v) is 10.1. The molecule has 1 aliphatic rings. The average Bonchev–Trinajstić information content (AvgIpc) is 2.24. The Balaban J connectivity index is 2.08. The van der Waals surface area contributed by atoms with E-state index in [4.69, 9.17) is 0 Å². The van der Waals surface area contributed by atoms with Crippen molar-refractivity contribution in [3.8, 4) is 0 Å². The summed E-state index contributed by atoms with van der Waals surface area (Å²) in [5.74, 6) is 0.356. The van der Waals surface area contributed by atoms with Crippen LogP contribution in [0.4, 0.5) is 0 Å². The predicted octanol–water partition coefficient (Wildman–Crippen LogP) is 2.52. The Labute approximate surface area is 98.2 Å². The summed E-state index contributed by atoms with van der Waals surface area (Å²) in [4.78, 5) is 11.6. The van der Waals surface area contributed by atoms with Gasteiger partial charge in [-0.15, -0.1) is 0 Å². The molecule has 2 nitrogen and oxygen atoms in total. The summed E-state index contributed by atoms with van der Waals surface area (Å²) in [6.07, 6.45) is 2.95. The third-order valence-electron chi connectivity index (χ3n) is 2.82. The van der Waals surface area contributed by atoms with Crippen LogP contribution in [0.5, 0.6) is 0 Å². The molecule has 1 fully saturated rings. The Morgan fingerprint density at radius 3 is 2.93 bits per heavy atom. The molecule has 15 heavy (non-hydrogen) atoms. The standard InChI is InChI=1S/C12H14BrNO/c13-11-6-2-1-4-9(11)8-10-5-3-7-14-12(10)15/h1-2,4,6,10H,3,5,7-8H2,(H,14,15)/t10-/m0/s1. The van der Waals surface area contributed by atoms with Crippen LogP contribution in [0.2, 0.25) is 0 Å². The Morgan fingerprint density at radius 1 is 1.40 bits per heavy atom. The number of rotatable bonds is 2. The molecular formula is C12H14BrNO. The minimum Gasteiger partial charge on any atom is -0.356 e. The number of hydrogen-bond acceptors (Lipinski definition) is 1. The predicted molar refractivity (Wildman–Crippen MR) is 63.6 cm³/mol. The van der Waals surface area contributed by atoms with Gasteiger partial charge in [0.2, 0.25) is 5.91 Å². The fraction of sp³-hybridized carbons (Fsp3) is 0.417. The van der Waals surface area contributed by atoms with Crippen molar-refractivity contribution in [1.29, 1.82) is 0 Å². The summed E-state index contributed by atoms with van der Waals surface area (Å²) in [5, 5.41) is 2.92. The molecule has 80 valence electrons. The van der Waals surface area contributed by atoms with E-state index in [-0.39, 0.29) is 11.8 Å². The molecule has 0 aromatic heterocycles. The molecule has 1 atom stereocenters. The second-order valence-electron chi connectivity index (χ2n) is 3.93. The topological polar surface area (TPSA) is 29.1 Å². The Kier molecular flexibility index (Phi) is 3.41. The van der Waals surface area contributed by atoms with E-state index in [0.29, 0.717) is 0 Å². The van der Waals surface area contributed by atoms with Crippen LogP contribution in [0.15, 0.2) is 28.7 Å². The van der Waals surface area contributed by atoms with Gasteiger partial charge in [-0.1, -0.05) is 34.1 Å². The maximum absolute atomic E-state index is 11.6. The molecule has 0 bridgehead atoms. The van der Waals surface area contributed by atoms with Gasteiger partial charge in [0.1, 0.15) is 0 Å². The molecule has 1 amide bonds. The molecule has 0 unspecified atom stereocenters. The van der Waals surface area contributed by atoms with E-state index < -0.39 is 0 Å². The van der Waals surface area contributed by atoms with Crippen LogP contribution >= 0.6 is 15.9 Å². The molecule has 1 saturated heterocycles. The molecule has 1 N–H and O–H groups in total. The molecule has 1 heterocycles. The number of amides is 1. The van der Waals surface area contributed by atoms with Crippen molar-refractivity contribution in [2.75, 3.05) is 6.54 Å². The number of carbonyl (C=O) groups excluding carboxylic acids is 1. The molecule has 0 radical (unpaired) electrons. The van der Waals surface area contributed by atoms with E-state index in [1.807, 2.05) is 18.2 Å². The molecule has 1 aromatic carbocycles. The van der Waals surface area contributed by atoms with Crippen molar-refractivity contribution in [2.24, 2.45) is 5.92 Å². The van der Waals surface area contributed by atoms with Gasteiger partial charge in [-0.2, -0.15) is 0 Å². The van der Waals surface area contributed by atoms with E-state index in [9.17, 15) is 4.79 Å². The largest absolute Gasteiger partial charge is 0.356 e. The van der Waals surface area contributed by atoms with Gasteiger partial charge in [0.25, 0.3) is 0 Å². The maximum Gasteiger partial charge on any atom is 0.223 e. The number of nitrogens with one attached hydrogen (secondary N) is 1. The van der Waals surface area contributed by atoms with Crippen LogP contribution in [0.1, 0.15) is 18.4 Å². The molecule has 0 saturated carbocycles. The lowest BCUT2D eigenvalue weighted by Crippen LogP contribution is -2.37. The van der Waals surface area contributed by atoms with Crippen LogP contribution in [-0.2, 0) is 11.2 Å². The molecule has 0 spiro atoms. The van der Waals surface area contributed by atoms with Crippen LogP contribution in [0, 0.1) is 5.92 Å². The quantitative estimate of drug-likeness (QED) is 0.877. The van der Waals surface area contributed by atoms with E-state index in [0.717, 1.165) is 30.3 Å². The summed E-state index contributed by atoms with van der Waals surface area (Å²) < 4.78 is 1.10. The minimum absolute atomic E-state index is 0.150. The lowest BCUT2D eigenvalue weighted by atomic mass is 9.92. The van der Waals surface area contributed by atoms with E-state index in [1.54, 1.807) is 0 Å². The normalized spacial score (nSPS) is 21.1. The lowest BCUT2D eigenvalue weighted by molar-refractivity contribution is -0.126. The molecule has 3 heteroatoms.